The third kappa shape index (κ3) is 2.18. The van der Waals surface area contributed by atoms with Gasteiger partial charge in [-0.3, -0.25) is 8.78 Å². The smallest absolute Gasteiger partial charge is 0.0901 e. The second kappa shape index (κ2) is 4.56. The summed E-state index contributed by atoms with van der Waals surface area (Å²) < 4.78 is 53.6. The Balaban J connectivity index is 0.00000144. The van der Waals surface area contributed by atoms with Gasteiger partial charge in [0.05, 0.1) is 30.4 Å². The summed E-state index contributed by atoms with van der Waals surface area (Å²) >= 11 is 0. The molecule has 13 heavy (non-hydrogen) atoms. The second-order valence-corrected chi connectivity index (χ2v) is 1.91. The maximum Gasteiger partial charge on any atom is 0.0901 e. The van der Waals surface area contributed by atoms with Crippen LogP contribution >= 0.6 is 0 Å². The Kier molecular flexibility index (Phi) is 4.33. The van der Waals surface area contributed by atoms with Gasteiger partial charge >= 0.3 is 0 Å². The first-order valence-electron chi connectivity index (χ1n) is 2.87. The van der Waals surface area contributed by atoms with Crippen molar-refractivity contribution in [2.45, 2.75) is 0 Å². The molecular weight excluding hydrogens is 279 g/mol. The van der Waals surface area contributed by atoms with E-state index in [1.807, 2.05) is 0 Å². The minimum absolute atomic E-state index is 0. The Bertz CT molecular complexity index is 316. The van der Waals surface area contributed by atoms with E-state index in [4.69, 9.17) is 0 Å². The van der Waals surface area contributed by atoms with Crippen molar-refractivity contribution in [2.75, 3.05) is 7.11 Å². The molecule has 1 aromatic carbocycles. The molecule has 0 fully saturated rings. The van der Waals surface area contributed by atoms with E-state index >= 15 is 0 Å². The van der Waals surface area contributed by atoms with Crippen LogP contribution in [0.3, 0.4) is 0 Å². The summed E-state index contributed by atoms with van der Waals surface area (Å²) in [6.45, 7) is 0. The van der Waals surface area contributed by atoms with Crippen LogP contribution in [0.2, 0.25) is 0 Å². The van der Waals surface area contributed by atoms with Crippen LogP contribution < -0.4 is 4.74 Å². The first-order chi connectivity index (χ1) is 5.57. The van der Waals surface area contributed by atoms with Crippen molar-refractivity contribution in [3.05, 3.63) is 29.3 Å². The summed E-state index contributed by atoms with van der Waals surface area (Å²) in [5, 5.41) is 0. The van der Waals surface area contributed by atoms with Crippen molar-refractivity contribution in [2.24, 2.45) is 0 Å². The number of methoxy groups -OCH3 is 1. The van der Waals surface area contributed by atoms with Gasteiger partial charge in [-0.2, -0.15) is 0 Å². The molecule has 1 nitrogen and oxygen atoms in total. The maximum atomic E-state index is 12.5. The van der Waals surface area contributed by atoms with Gasteiger partial charge in [0.2, 0.25) is 0 Å². The summed E-state index contributed by atoms with van der Waals surface area (Å²) in [5.41, 5.74) is 0. The Labute approximate surface area is 84.5 Å². The van der Waals surface area contributed by atoms with Crippen molar-refractivity contribution in [3.63, 3.8) is 0 Å². The quantitative estimate of drug-likeness (QED) is 0.252. The molecular formula is C7H3F4ORh-. The fraction of sp³-hybridized carbons (Fsp3) is 0.143. The molecule has 1 aromatic rings. The summed E-state index contributed by atoms with van der Waals surface area (Å²) in [5.74, 6) is -7.77. The molecule has 0 saturated heterocycles. The monoisotopic (exact) mass is 282 g/mol. The van der Waals surface area contributed by atoms with Crippen LogP contribution in [0.15, 0.2) is 0 Å². The number of ether oxygens (including phenoxy) is 1. The minimum atomic E-state index is -1.90. The molecule has 0 heterocycles. The first kappa shape index (κ1) is 12.4. The fourth-order valence-corrected chi connectivity index (χ4v) is 0.642. The van der Waals surface area contributed by atoms with Crippen molar-refractivity contribution in [1.29, 1.82) is 0 Å². The van der Waals surface area contributed by atoms with Gasteiger partial charge in [-0.1, -0.05) is 6.07 Å². The summed E-state index contributed by atoms with van der Waals surface area (Å²) in [4.78, 5) is 0. The fourth-order valence-electron chi connectivity index (χ4n) is 0.642. The van der Waals surface area contributed by atoms with Crippen LogP contribution in [-0.2, 0) is 19.5 Å². The number of halogens is 4. The molecule has 6 heteroatoms. The van der Waals surface area contributed by atoms with Gasteiger partial charge in [0, 0.05) is 25.2 Å². The molecule has 0 aromatic heterocycles. The topological polar surface area (TPSA) is 9.23 Å². The van der Waals surface area contributed by atoms with E-state index in [9.17, 15) is 17.6 Å². The van der Waals surface area contributed by atoms with Gasteiger partial charge < -0.3 is 4.74 Å². The molecule has 0 N–H and O–H groups in total. The van der Waals surface area contributed by atoms with Gasteiger partial charge in [-0.05, 0) is 0 Å². The van der Waals surface area contributed by atoms with Crippen LogP contribution in [0.5, 0.6) is 5.75 Å². The van der Waals surface area contributed by atoms with E-state index in [2.05, 4.69) is 4.74 Å². The number of rotatable bonds is 1. The third-order valence-corrected chi connectivity index (χ3v) is 1.20. The van der Waals surface area contributed by atoms with Gasteiger partial charge in [-0.25, -0.2) is 8.78 Å². The average molecular weight is 282 g/mol. The van der Waals surface area contributed by atoms with Crippen molar-refractivity contribution in [3.8, 4) is 5.75 Å². The number of hydrogen-bond donors (Lipinski definition) is 0. The predicted octanol–water partition coefficient (Wildman–Crippen LogP) is 2.05. The molecule has 0 aliphatic carbocycles. The molecule has 75 valence electrons. The Morgan fingerprint density at radius 3 is 2.00 bits per heavy atom. The van der Waals surface area contributed by atoms with Crippen molar-refractivity contribution >= 4 is 0 Å². The Hall–Kier alpha value is -0.637. The van der Waals surface area contributed by atoms with E-state index in [-0.39, 0.29) is 19.5 Å². The molecule has 0 unspecified atom stereocenters. The normalized spacial score (nSPS) is 9.31. The zero-order chi connectivity index (χ0) is 9.30. The van der Waals surface area contributed by atoms with E-state index in [1.165, 1.54) is 0 Å². The van der Waals surface area contributed by atoms with Crippen LogP contribution in [0, 0.1) is 29.3 Å². The number of benzene rings is 1. The van der Waals surface area contributed by atoms with Crippen LogP contribution in [0.1, 0.15) is 0 Å². The first-order valence-corrected chi connectivity index (χ1v) is 2.87. The molecule has 1 rings (SSSR count). The molecule has 0 atom stereocenters. The predicted molar refractivity (Wildman–Crippen MR) is 31.7 cm³/mol. The Morgan fingerprint density at radius 1 is 1.00 bits per heavy atom. The van der Waals surface area contributed by atoms with Crippen molar-refractivity contribution in [1.82, 2.24) is 0 Å². The van der Waals surface area contributed by atoms with Gasteiger partial charge in [0.15, 0.2) is 0 Å². The largest absolute Gasteiger partial charge is 0.520 e. The molecule has 0 amide bonds. The summed E-state index contributed by atoms with van der Waals surface area (Å²) in [6, 6.07) is 1.56. The minimum Gasteiger partial charge on any atom is -0.520 e. The van der Waals surface area contributed by atoms with Gasteiger partial charge in [0.1, 0.15) is 0 Å². The SMILES string of the molecule is COc1[c-]c(F)c(F)c(F)c1F.[Rh]. The third-order valence-electron chi connectivity index (χ3n) is 1.20. The molecule has 0 bridgehead atoms. The van der Waals surface area contributed by atoms with Gasteiger partial charge in [-0.15, -0.1) is 0 Å². The standard InChI is InChI=1S/C7H3F4O.Rh/c1-12-4-2-3(8)5(9)7(11)6(4)10;/h1H3;/q-1;. The van der Waals surface area contributed by atoms with E-state index in [1.54, 1.807) is 6.07 Å². The Morgan fingerprint density at radius 2 is 1.54 bits per heavy atom. The van der Waals surface area contributed by atoms with Gasteiger partial charge in [0.25, 0.3) is 0 Å². The molecule has 0 aliphatic rings. The van der Waals surface area contributed by atoms with Crippen LogP contribution in [-0.4, -0.2) is 7.11 Å². The van der Waals surface area contributed by atoms with E-state index < -0.39 is 29.0 Å². The number of hydrogen-bond acceptors (Lipinski definition) is 1. The average Bonchev–Trinajstić information content (AvgIpc) is 2.08. The molecule has 0 saturated carbocycles. The van der Waals surface area contributed by atoms with Crippen LogP contribution in [0.4, 0.5) is 17.6 Å². The maximum absolute atomic E-state index is 12.5. The zero-order valence-electron chi connectivity index (χ0n) is 6.25. The van der Waals surface area contributed by atoms with Crippen LogP contribution in [0.25, 0.3) is 0 Å². The van der Waals surface area contributed by atoms with Crippen molar-refractivity contribution < 1.29 is 41.8 Å². The summed E-state index contributed by atoms with van der Waals surface area (Å²) in [6.07, 6.45) is 0. The zero-order valence-corrected chi connectivity index (χ0v) is 7.89. The molecule has 0 aliphatic heterocycles. The van der Waals surface area contributed by atoms with E-state index in [0.29, 0.717) is 0 Å². The molecule has 0 spiro atoms. The molecule has 1 radical (unpaired) electrons. The van der Waals surface area contributed by atoms with E-state index in [0.717, 1.165) is 7.11 Å². The summed E-state index contributed by atoms with van der Waals surface area (Å²) in [7, 11) is 0.992. The second-order valence-electron chi connectivity index (χ2n) is 1.91.